The van der Waals surface area contributed by atoms with Crippen LogP contribution in [0.4, 0.5) is 0 Å². The summed E-state index contributed by atoms with van der Waals surface area (Å²) in [5, 5.41) is 4.80. The van der Waals surface area contributed by atoms with Crippen LogP contribution in [0, 0.1) is 0 Å². The Kier molecular flexibility index (Phi) is 6.12. The minimum Gasteiger partial charge on any atom is -0.479 e. The summed E-state index contributed by atoms with van der Waals surface area (Å²) in [6.07, 6.45) is 0.0745. The van der Waals surface area contributed by atoms with Gasteiger partial charge in [0.15, 0.2) is 6.10 Å². The molecule has 0 saturated heterocycles. The molecule has 1 aromatic carbocycles. The second kappa shape index (κ2) is 7.36. The van der Waals surface area contributed by atoms with Crippen LogP contribution in [0.15, 0.2) is 23.3 Å². The van der Waals surface area contributed by atoms with E-state index in [4.69, 9.17) is 27.9 Å². The molecule has 104 valence electrons. The predicted molar refractivity (Wildman–Crippen MR) is 78.1 cm³/mol. The molecule has 0 aliphatic heterocycles. The lowest BCUT2D eigenvalue weighted by Crippen LogP contribution is -2.33. The molecule has 6 heteroatoms. The average molecular weight is 303 g/mol. The number of hydrazone groups is 1. The van der Waals surface area contributed by atoms with Crippen molar-refractivity contribution in [3.63, 3.8) is 0 Å². The molecule has 1 aromatic rings. The van der Waals surface area contributed by atoms with E-state index >= 15 is 0 Å². The van der Waals surface area contributed by atoms with Gasteiger partial charge in [-0.3, -0.25) is 4.79 Å². The Morgan fingerprint density at radius 2 is 2.16 bits per heavy atom. The Morgan fingerprint density at radius 3 is 2.74 bits per heavy atom. The molecule has 0 aliphatic carbocycles. The minimum atomic E-state index is -0.702. The third-order valence-corrected chi connectivity index (χ3v) is 2.97. The molecule has 1 rings (SSSR count). The number of carbonyl (C=O) groups excluding carboxylic acids is 1. The minimum absolute atomic E-state index is 0.334. The molecule has 0 unspecified atom stereocenters. The van der Waals surface area contributed by atoms with E-state index in [0.29, 0.717) is 15.8 Å². The van der Waals surface area contributed by atoms with Crippen molar-refractivity contribution in [2.75, 3.05) is 0 Å². The van der Waals surface area contributed by atoms with Gasteiger partial charge in [-0.05, 0) is 38.5 Å². The number of ether oxygens (including phenoxy) is 1. The third kappa shape index (κ3) is 5.09. The van der Waals surface area contributed by atoms with E-state index in [1.54, 1.807) is 25.1 Å². The molecule has 0 fully saturated rings. The molecule has 19 heavy (non-hydrogen) atoms. The number of carbonyl (C=O) groups is 1. The Bertz CT molecular complexity index is 490. The quantitative estimate of drug-likeness (QED) is 0.666. The van der Waals surface area contributed by atoms with Crippen LogP contribution in [0.2, 0.25) is 10.0 Å². The highest BCUT2D eigenvalue weighted by Crippen LogP contribution is 2.28. The van der Waals surface area contributed by atoms with Gasteiger partial charge < -0.3 is 4.74 Å². The SMILES string of the molecule is CC/C(C)=N\NC(=O)[C@@H](C)Oc1ccc(Cl)cc1Cl. The first kappa shape index (κ1) is 15.8. The number of hydrogen-bond acceptors (Lipinski definition) is 3. The zero-order chi connectivity index (χ0) is 14.4. The Morgan fingerprint density at radius 1 is 1.47 bits per heavy atom. The highest BCUT2D eigenvalue weighted by molar-refractivity contribution is 6.35. The van der Waals surface area contributed by atoms with Crippen LogP contribution in [0.3, 0.4) is 0 Å². The van der Waals surface area contributed by atoms with E-state index in [-0.39, 0.29) is 5.91 Å². The first-order valence-electron chi connectivity index (χ1n) is 5.88. The Labute approximate surface area is 122 Å². The van der Waals surface area contributed by atoms with Crippen LogP contribution < -0.4 is 10.2 Å². The van der Waals surface area contributed by atoms with Gasteiger partial charge in [-0.2, -0.15) is 5.10 Å². The van der Waals surface area contributed by atoms with Crippen molar-refractivity contribution in [1.29, 1.82) is 0 Å². The largest absolute Gasteiger partial charge is 0.479 e. The number of nitrogens with zero attached hydrogens (tertiary/aromatic N) is 1. The van der Waals surface area contributed by atoms with E-state index in [0.717, 1.165) is 12.1 Å². The monoisotopic (exact) mass is 302 g/mol. The normalized spacial score (nSPS) is 13.0. The number of halogens is 2. The predicted octanol–water partition coefficient (Wildman–Crippen LogP) is 3.66. The lowest BCUT2D eigenvalue weighted by Gasteiger charge is -2.14. The standard InChI is InChI=1S/C13H16Cl2N2O2/c1-4-8(2)16-17-13(18)9(3)19-12-6-5-10(14)7-11(12)15/h5-7,9H,4H2,1-3H3,(H,17,18)/b16-8-/t9-/m1/s1. The van der Waals surface area contributed by atoms with Crippen LogP contribution >= 0.6 is 23.2 Å². The molecular formula is C13H16Cl2N2O2. The number of hydrogen-bond donors (Lipinski definition) is 1. The van der Waals surface area contributed by atoms with E-state index in [1.165, 1.54) is 0 Å². The van der Waals surface area contributed by atoms with Crippen LogP contribution in [0.1, 0.15) is 27.2 Å². The maximum absolute atomic E-state index is 11.7. The Balaban J connectivity index is 2.63. The fourth-order valence-electron chi connectivity index (χ4n) is 1.14. The van der Waals surface area contributed by atoms with Gasteiger partial charge in [-0.15, -0.1) is 0 Å². The summed E-state index contributed by atoms with van der Waals surface area (Å²) in [5.41, 5.74) is 3.28. The number of amides is 1. The summed E-state index contributed by atoms with van der Waals surface area (Å²) in [7, 11) is 0. The summed E-state index contributed by atoms with van der Waals surface area (Å²) in [6.45, 7) is 5.41. The van der Waals surface area contributed by atoms with Gasteiger partial charge in [0.2, 0.25) is 0 Å². The highest BCUT2D eigenvalue weighted by Gasteiger charge is 2.15. The molecule has 0 aliphatic rings. The molecule has 1 N–H and O–H groups in total. The van der Waals surface area contributed by atoms with Crippen LogP contribution in [0.5, 0.6) is 5.75 Å². The Hall–Kier alpha value is -1.26. The van der Waals surface area contributed by atoms with Gasteiger partial charge in [-0.25, -0.2) is 5.43 Å². The number of benzene rings is 1. The topological polar surface area (TPSA) is 50.7 Å². The fraction of sp³-hybridized carbons (Fsp3) is 0.385. The van der Waals surface area contributed by atoms with Crippen molar-refractivity contribution < 1.29 is 9.53 Å². The third-order valence-electron chi connectivity index (χ3n) is 2.44. The maximum Gasteiger partial charge on any atom is 0.280 e. The summed E-state index contributed by atoms with van der Waals surface area (Å²) in [6, 6.07) is 4.82. The van der Waals surface area contributed by atoms with E-state index in [2.05, 4.69) is 10.5 Å². The van der Waals surface area contributed by atoms with E-state index in [1.807, 2.05) is 13.8 Å². The van der Waals surface area contributed by atoms with Crippen molar-refractivity contribution in [2.45, 2.75) is 33.3 Å². The summed E-state index contributed by atoms with van der Waals surface area (Å²) < 4.78 is 5.46. The molecule has 0 radical (unpaired) electrons. The van der Waals surface area contributed by atoms with Crippen molar-refractivity contribution >= 4 is 34.8 Å². The molecule has 0 aromatic heterocycles. The molecule has 0 heterocycles. The first-order valence-corrected chi connectivity index (χ1v) is 6.64. The van der Waals surface area contributed by atoms with Gasteiger partial charge in [-0.1, -0.05) is 30.1 Å². The van der Waals surface area contributed by atoms with Crippen molar-refractivity contribution in [3.8, 4) is 5.75 Å². The molecular weight excluding hydrogens is 287 g/mol. The van der Waals surface area contributed by atoms with Gasteiger partial charge in [0.25, 0.3) is 5.91 Å². The van der Waals surface area contributed by atoms with Gasteiger partial charge in [0.1, 0.15) is 5.75 Å². The maximum atomic E-state index is 11.7. The van der Waals surface area contributed by atoms with Crippen molar-refractivity contribution in [3.05, 3.63) is 28.2 Å². The van der Waals surface area contributed by atoms with Gasteiger partial charge >= 0.3 is 0 Å². The van der Waals surface area contributed by atoms with Crippen LogP contribution in [-0.4, -0.2) is 17.7 Å². The summed E-state index contributed by atoms with van der Waals surface area (Å²) in [5.74, 6) is 0.0729. The second-order valence-electron chi connectivity index (χ2n) is 4.01. The zero-order valence-corrected chi connectivity index (χ0v) is 12.5. The molecule has 1 amide bonds. The van der Waals surface area contributed by atoms with Crippen LogP contribution in [-0.2, 0) is 4.79 Å². The molecule has 0 bridgehead atoms. The lowest BCUT2D eigenvalue weighted by atomic mass is 10.3. The van der Waals surface area contributed by atoms with Gasteiger partial charge in [0, 0.05) is 10.7 Å². The van der Waals surface area contributed by atoms with E-state index < -0.39 is 6.10 Å². The van der Waals surface area contributed by atoms with Crippen LogP contribution in [0.25, 0.3) is 0 Å². The first-order chi connectivity index (χ1) is 8.93. The summed E-state index contributed by atoms with van der Waals surface area (Å²) >= 11 is 11.7. The number of rotatable bonds is 5. The van der Waals surface area contributed by atoms with E-state index in [9.17, 15) is 4.79 Å². The smallest absolute Gasteiger partial charge is 0.280 e. The lowest BCUT2D eigenvalue weighted by molar-refractivity contribution is -0.127. The summed E-state index contributed by atoms with van der Waals surface area (Å²) in [4.78, 5) is 11.7. The van der Waals surface area contributed by atoms with Gasteiger partial charge in [0.05, 0.1) is 5.02 Å². The fourth-order valence-corrected chi connectivity index (χ4v) is 1.59. The highest BCUT2D eigenvalue weighted by atomic mass is 35.5. The van der Waals surface area contributed by atoms with Crippen molar-refractivity contribution in [1.82, 2.24) is 5.43 Å². The molecule has 1 atom stereocenters. The number of nitrogens with one attached hydrogen (secondary N) is 1. The molecule has 0 spiro atoms. The average Bonchev–Trinajstić information content (AvgIpc) is 2.38. The zero-order valence-electron chi connectivity index (χ0n) is 11.0. The molecule has 0 saturated carbocycles. The second-order valence-corrected chi connectivity index (χ2v) is 4.86. The van der Waals surface area contributed by atoms with Crippen molar-refractivity contribution in [2.24, 2.45) is 5.10 Å². The molecule has 4 nitrogen and oxygen atoms in total.